The monoisotopic (exact) mass is 254 g/mol. The Morgan fingerprint density at radius 2 is 2.17 bits per heavy atom. The minimum absolute atomic E-state index is 0.224. The number of ether oxygens (including phenoxy) is 1. The fourth-order valence-electron chi connectivity index (χ4n) is 1.84. The highest BCUT2D eigenvalue weighted by atomic mass is 19.1. The molecule has 1 unspecified atom stereocenters. The molecule has 0 heterocycles. The molecule has 1 aromatic carbocycles. The van der Waals surface area contributed by atoms with Crippen molar-refractivity contribution in [1.29, 1.82) is 0 Å². The lowest BCUT2D eigenvalue weighted by Crippen LogP contribution is -2.37. The van der Waals surface area contributed by atoms with Crippen LogP contribution in [0.5, 0.6) is 5.75 Å². The summed E-state index contributed by atoms with van der Waals surface area (Å²) < 4.78 is 18.9. The zero-order chi connectivity index (χ0) is 13.5. The predicted octanol–water partition coefficient (Wildman–Crippen LogP) is 2.26. The maximum Gasteiger partial charge on any atom is 0.131 e. The second-order valence-electron chi connectivity index (χ2n) is 4.56. The highest BCUT2D eigenvalue weighted by molar-refractivity contribution is 5.34. The summed E-state index contributed by atoms with van der Waals surface area (Å²) in [4.78, 5) is 2.22. The van der Waals surface area contributed by atoms with Gasteiger partial charge in [-0.15, -0.1) is 0 Å². The number of rotatable bonds is 7. The Hall–Kier alpha value is -1.13. The van der Waals surface area contributed by atoms with Gasteiger partial charge in [-0.05, 0) is 32.6 Å². The number of halogens is 1. The topological polar surface area (TPSA) is 24.5 Å². The van der Waals surface area contributed by atoms with Crippen LogP contribution >= 0.6 is 0 Å². The molecule has 0 aromatic heterocycles. The number of hydrogen-bond acceptors (Lipinski definition) is 3. The molecule has 1 N–H and O–H groups in total. The molecule has 0 amide bonds. The standard InChI is InChI=1S/C14H23FN2O/c1-5-17(3)10-11(2)16-9-12-13(15)7-6-8-14(12)18-4/h6-8,11,16H,5,9-10H2,1-4H3. The van der Waals surface area contributed by atoms with Crippen molar-refractivity contribution in [3.05, 3.63) is 29.6 Å². The van der Waals surface area contributed by atoms with Crippen LogP contribution in [-0.4, -0.2) is 38.2 Å². The average molecular weight is 254 g/mol. The van der Waals surface area contributed by atoms with E-state index in [9.17, 15) is 4.39 Å². The smallest absolute Gasteiger partial charge is 0.131 e. The summed E-state index contributed by atoms with van der Waals surface area (Å²) in [5, 5.41) is 3.32. The van der Waals surface area contributed by atoms with Gasteiger partial charge < -0.3 is 15.0 Å². The van der Waals surface area contributed by atoms with E-state index >= 15 is 0 Å². The molecular formula is C14H23FN2O. The molecule has 0 spiro atoms. The molecule has 102 valence electrons. The van der Waals surface area contributed by atoms with Gasteiger partial charge in [-0.3, -0.25) is 0 Å². The molecule has 1 atom stereocenters. The van der Waals surface area contributed by atoms with E-state index in [-0.39, 0.29) is 5.82 Å². The minimum atomic E-state index is -0.224. The molecule has 4 heteroatoms. The second-order valence-corrected chi connectivity index (χ2v) is 4.56. The summed E-state index contributed by atoms with van der Waals surface area (Å²) in [6.07, 6.45) is 0. The van der Waals surface area contributed by atoms with E-state index in [0.717, 1.165) is 13.1 Å². The van der Waals surface area contributed by atoms with Gasteiger partial charge in [-0.1, -0.05) is 13.0 Å². The third-order valence-electron chi connectivity index (χ3n) is 3.05. The number of nitrogens with one attached hydrogen (secondary N) is 1. The van der Waals surface area contributed by atoms with Gasteiger partial charge in [0.15, 0.2) is 0 Å². The number of benzene rings is 1. The molecular weight excluding hydrogens is 231 g/mol. The Labute approximate surface area is 109 Å². The molecule has 0 radical (unpaired) electrons. The molecule has 0 fully saturated rings. The van der Waals surface area contributed by atoms with Crippen molar-refractivity contribution in [2.24, 2.45) is 0 Å². The lowest BCUT2D eigenvalue weighted by Gasteiger charge is -2.21. The van der Waals surface area contributed by atoms with Crippen molar-refractivity contribution in [1.82, 2.24) is 10.2 Å². The van der Waals surface area contributed by atoms with Crippen LogP contribution in [0.4, 0.5) is 4.39 Å². The van der Waals surface area contributed by atoms with Crippen LogP contribution in [0.15, 0.2) is 18.2 Å². The summed E-state index contributed by atoms with van der Waals surface area (Å²) in [6, 6.07) is 5.20. The minimum Gasteiger partial charge on any atom is -0.496 e. The van der Waals surface area contributed by atoms with Crippen LogP contribution in [0, 0.1) is 5.82 Å². The first-order valence-electron chi connectivity index (χ1n) is 6.31. The summed E-state index contributed by atoms with van der Waals surface area (Å²) in [6.45, 7) is 6.64. The van der Waals surface area contributed by atoms with Gasteiger partial charge in [0.2, 0.25) is 0 Å². The van der Waals surface area contributed by atoms with Gasteiger partial charge in [0, 0.05) is 24.7 Å². The highest BCUT2D eigenvalue weighted by Crippen LogP contribution is 2.20. The lowest BCUT2D eigenvalue weighted by atomic mass is 10.1. The summed E-state index contributed by atoms with van der Waals surface area (Å²) in [5.74, 6) is 0.372. The summed E-state index contributed by atoms with van der Waals surface area (Å²) >= 11 is 0. The Morgan fingerprint density at radius 1 is 1.44 bits per heavy atom. The first-order chi connectivity index (χ1) is 8.58. The van der Waals surface area contributed by atoms with Crippen LogP contribution in [0.25, 0.3) is 0 Å². The van der Waals surface area contributed by atoms with Crippen LogP contribution in [-0.2, 0) is 6.54 Å². The summed E-state index contributed by atoms with van der Waals surface area (Å²) in [5.41, 5.74) is 0.589. The fourth-order valence-corrected chi connectivity index (χ4v) is 1.84. The lowest BCUT2D eigenvalue weighted by molar-refractivity contribution is 0.307. The van der Waals surface area contributed by atoms with Crippen molar-refractivity contribution in [2.75, 3.05) is 27.2 Å². The highest BCUT2D eigenvalue weighted by Gasteiger charge is 2.11. The van der Waals surface area contributed by atoms with Crippen molar-refractivity contribution >= 4 is 0 Å². The Bertz CT molecular complexity index is 371. The van der Waals surface area contributed by atoms with E-state index in [1.165, 1.54) is 6.07 Å². The van der Waals surface area contributed by atoms with Gasteiger partial charge in [-0.25, -0.2) is 4.39 Å². The maximum atomic E-state index is 13.7. The first kappa shape index (κ1) is 14.9. The Morgan fingerprint density at radius 3 is 2.78 bits per heavy atom. The van der Waals surface area contributed by atoms with E-state index in [0.29, 0.717) is 23.9 Å². The van der Waals surface area contributed by atoms with Gasteiger partial charge in [0.05, 0.1) is 7.11 Å². The zero-order valence-electron chi connectivity index (χ0n) is 11.7. The third-order valence-corrected chi connectivity index (χ3v) is 3.05. The molecule has 1 rings (SSSR count). The zero-order valence-corrected chi connectivity index (χ0v) is 11.7. The van der Waals surface area contributed by atoms with Gasteiger partial charge in [0.25, 0.3) is 0 Å². The second kappa shape index (κ2) is 7.34. The number of nitrogens with zero attached hydrogens (tertiary/aromatic N) is 1. The van der Waals surface area contributed by atoms with Crippen LogP contribution in [0.2, 0.25) is 0 Å². The SMILES string of the molecule is CCN(C)CC(C)NCc1c(F)cccc1OC. The molecule has 0 saturated carbocycles. The van der Waals surface area contributed by atoms with E-state index in [1.54, 1.807) is 19.2 Å². The van der Waals surface area contributed by atoms with Crippen LogP contribution < -0.4 is 10.1 Å². The first-order valence-corrected chi connectivity index (χ1v) is 6.31. The molecule has 0 bridgehead atoms. The van der Waals surface area contributed by atoms with E-state index in [1.807, 2.05) is 0 Å². The van der Waals surface area contributed by atoms with Crippen molar-refractivity contribution in [3.63, 3.8) is 0 Å². The summed E-state index contributed by atoms with van der Waals surface area (Å²) in [7, 11) is 3.63. The van der Waals surface area contributed by atoms with Crippen molar-refractivity contribution in [2.45, 2.75) is 26.4 Å². The molecule has 1 aromatic rings. The van der Waals surface area contributed by atoms with Crippen molar-refractivity contribution < 1.29 is 9.13 Å². The molecule has 0 aliphatic carbocycles. The largest absolute Gasteiger partial charge is 0.496 e. The average Bonchev–Trinajstić information content (AvgIpc) is 2.36. The Balaban J connectivity index is 2.57. The number of likely N-dealkylation sites (N-methyl/N-ethyl adjacent to an activating group) is 1. The van der Waals surface area contributed by atoms with Gasteiger partial charge in [-0.2, -0.15) is 0 Å². The molecule has 0 aliphatic heterocycles. The molecule has 3 nitrogen and oxygen atoms in total. The van der Waals surface area contributed by atoms with Gasteiger partial charge in [0.1, 0.15) is 11.6 Å². The quantitative estimate of drug-likeness (QED) is 0.808. The van der Waals surface area contributed by atoms with E-state index < -0.39 is 0 Å². The van der Waals surface area contributed by atoms with Crippen molar-refractivity contribution in [3.8, 4) is 5.75 Å². The van der Waals surface area contributed by atoms with E-state index in [2.05, 4.69) is 31.1 Å². The molecule has 0 aliphatic rings. The normalized spacial score (nSPS) is 12.8. The van der Waals surface area contributed by atoms with Gasteiger partial charge >= 0.3 is 0 Å². The maximum absolute atomic E-state index is 13.7. The van der Waals surface area contributed by atoms with Crippen LogP contribution in [0.3, 0.4) is 0 Å². The number of methoxy groups -OCH3 is 1. The number of hydrogen-bond donors (Lipinski definition) is 1. The molecule has 0 saturated heterocycles. The predicted molar refractivity (Wildman–Crippen MR) is 72.4 cm³/mol. The Kier molecular flexibility index (Phi) is 6.09. The third kappa shape index (κ3) is 4.27. The molecule has 18 heavy (non-hydrogen) atoms. The fraction of sp³-hybridized carbons (Fsp3) is 0.571. The van der Waals surface area contributed by atoms with Crippen LogP contribution in [0.1, 0.15) is 19.4 Å². The van der Waals surface area contributed by atoms with E-state index in [4.69, 9.17) is 4.74 Å².